The zero-order valence-electron chi connectivity index (χ0n) is 14.9. The van der Waals surface area contributed by atoms with Crippen LogP contribution in [0.5, 0.6) is 0 Å². The molecule has 0 unspecified atom stereocenters. The predicted octanol–water partition coefficient (Wildman–Crippen LogP) is 1.68. The van der Waals surface area contributed by atoms with E-state index in [1.807, 2.05) is 19.9 Å². The van der Waals surface area contributed by atoms with Crippen molar-refractivity contribution in [3.05, 3.63) is 22.5 Å². The van der Waals surface area contributed by atoms with Gasteiger partial charge in [-0.3, -0.25) is 9.48 Å². The van der Waals surface area contributed by atoms with Crippen molar-refractivity contribution in [3.63, 3.8) is 0 Å². The number of nitrogens with one attached hydrogen (secondary N) is 1. The Labute approximate surface area is 148 Å². The van der Waals surface area contributed by atoms with Crippen LogP contribution in [0.1, 0.15) is 49.2 Å². The Morgan fingerprint density at radius 1 is 1.48 bits per heavy atom. The standard InChI is InChI=1S/C17H24N4O3S/c1-4-5-7-19-17(22)14(10-18)9-16-12(2)20-21(13(16)3)15-6-8-25(23,24)11-15/h9,15H,4-8,11H2,1-3H3,(H,19,22)/b14-9+/t15-/m1/s1. The molecule has 8 heteroatoms. The van der Waals surface area contributed by atoms with E-state index < -0.39 is 15.7 Å². The first-order chi connectivity index (χ1) is 11.8. The molecular formula is C17H24N4O3S. The Morgan fingerprint density at radius 3 is 2.76 bits per heavy atom. The lowest BCUT2D eigenvalue weighted by Gasteiger charge is -2.11. The van der Waals surface area contributed by atoms with E-state index in [1.165, 1.54) is 0 Å². The SMILES string of the molecule is CCCCNC(=O)/C(C#N)=C/c1c(C)nn([C@@H]2CCS(=O)(=O)C2)c1C. The fourth-order valence-electron chi connectivity index (χ4n) is 2.98. The lowest BCUT2D eigenvalue weighted by molar-refractivity contribution is -0.117. The molecule has 0 saturated carbocycles. The van der Waals surface area contributed by atoms with E-state index in [-0.39, 0.29) is 23.1 Å². The van der Waals surface area contributed by atoms with Crippen molar-refractivity contribution in [2.24, 2.45) is 0 Å². The number of nitriles is 1. The molecule has 0 aliphatic carbocycles. The minimum absolute atomic E-state index is 0.0286. The molecule has 1 N–H and O–H groups in total. The molecule has 25 heavy (non-hydrogen) atoms. The Balaban J connectivity index is 2.27. The van der Waals surface area contributed by atoms with E-state index in [4.69, 9.17) is 0 Å². The number of carbonyl (C=O) groups is 1. The maximum atomic E-state index is 12.1. The minimum Gasteiger partial charge on any atom is -0.351 e. The normalized spacial score (nSPS) is 19.6. The van der Waals surface area contributed by atoms with Crippen LogP contribution in [-0.2, 0) is 14.6 Å². The maximum absolute atomic E-state index is 12.1. The van der Waals surface area contributed by atoms with E-state index in [0.717, 1.165) is 18.5 Å². The fraction of sp³-hybridized carbons (Fsp3) is 0.588. The molecule has 0 aromatic carbocycles. The first-order valence-electron chi connectivity index (χ1n) is 8.45. The summed E-state index contributed by atoms with van der Waals surface area (Å²) in [6.45, 7) is 6.19. The highest BCUT2D eigenvalue weighted by Gasteiger charge is 2.31. The molecule has 0 bridgehead atoms. The number of carbonyl (C=O) groups excluding carboxylic acids is 1. The summed E-state index contributed by atoms with van der Waals surface area (Å²) in [6.07, 6.45) is 3.90. The van der Waals surface area contributed by atoms with Crippen molar-refractivity contribution in [2.45, 2.75) is 46.1 Å². The highest BCUT2D eigenvalue weighted by atomic mass is 32.2. The molecule has 1 fully saturated rings. The van der Waals surface area contributed by atoms with Gasteiger partial charge in [0.2, 0.25) is 0 Å². The summed E-state index contributed by atoms with van der Waals surface area (Å²) < 4.78 is 25.1. The fourth-order valence-corrected chi connectivity index (χ4v) is 4.67. The van der Waals surface area contributed by atoms with Gasteiger partial charge in [-0.2, -0.15) is 10.4 Å². The van der Waals surface area contributed by atoms with Crippen molar-refractivity contribution in [3.8, 4) is 6.07 Å². The van der Waals surface area contributed by atoms with Crippen molar-refractivity contribution in [1.29, 1.82) is 5.26 Å². The van der Waals surface area contributed by atoms with Gasteiger partial charge in [0.25, 0.3) is 5.91 Å². The van der Waals surface area contributed by atoms with Gasteiger partial charge < -0.3 is 5.32 Å². The summed E-state index contributed by atoms with van der Waals surface area (Å²) >= 11 is 0. The average Bonchev–Trinajstić information content (AvgIpc) is 3.05. The molecule has 2 heterocycles. The Bertz CT molecular complexity index is 831. The zero-order valence-corrected chi connectivity index (χ0v) is 15.7. The molecule has 1 atom stereocenters. The second-order valence-electron chi connectivity index (χ2n) is 6.37. The highest BCUT2D eigenvalue weighted by molar-refractivity contribution is 7.91. The summed E-state index contributed by atoms with van der Waals surface area (Å²) in [5.41, 5.74) is 2.18. The van der Waals surface area contributed by atoms with Gasteiger partial charge in [-0.1, -0.05) is 13.3 Å². The molecule has 2 rings (SSSR count). The Kier molecular flexibility index (Phi) is 6.01. The van der Waals surface area contributed by atoms with E-state index in [2.05, 4.69) is 10.4 Å². The molecule has 1 saturated heterocycles. The van der Waals surface area contributed by atoms with Gasteiger partial charge in [0.05, 0.1) is 23.2 Å². The monoisotopic (exact) mass is 364 g/mol. The van der Waals surface area contributed by atoms with Gasteiger partial charge in [-0.25, -0.2) is 8.42 Å². The van der Waals surface area contributed by atoms with Crippen LogP contribution >= 0.6 is 0 Å². The van der Waals surface area contributed by atoms with E-state index in [1.54, 1.807) is 17.7 Å². The highest BCUT2D eigenvalue weighted by Crippen LogP contribution is 2.27. The smallest absolute Gasteiger partial charge is 0.261 e. The average molecular weight is 364 g/mol. The number of hydrogen-bond acceptors (Lipinski definition) is 5. The third kappa shape index (κ3) is 4.48. The molecule has 1 aliphatic rings. The molecule has 1 aromatic heterocycles. The van der Waals surface area contributed by atoms with E-state index >= 15 is 0 Å². The lowest BCUT2D eigenvalue weighted by Crippen LogP contribution is -2.25. The molecular weight excluding hydrogens is 340 g/mol. The van der Waals surface area contributed by atoms with Gasteiger partial charge in [0.1, 0.15) is 11.6 Å². The zero-order chi connectivity index (χ0) is 18.6. The van der Waals surface area contributed by atoms with Crippen molar-refractivity contribution >= 4 is 21.8 Å². The molecule has 0 spiro atoms. The van der Waals surface area contributed by atoms with E-state index in [0.29, 0.717) is 24.2 Å². The first kappa shape index (κ1) is 19.2. The predicted molar refractivity (Wildman–Crippen MR) is 95.5 cm³/mol. The number of rotatable bonds is 6. The van der Waals surface area contributed by atoms with Crippen LogP contribution in [0.3, 0.4) is 0 Å². The molecule has 136 valence electrons. The van der Waals surface area contributed by atoms with Crippen LogP contribution < -0.4 is 5.32 Å². The van der Waals surface area contributed by atoms with Gasteiger partial charge in [0.15, 0.2) is 9.84 Å². The number of aryl methyl sites for hydroxylation is 1. The van der Waals surface area contributed by atoms with Crippen LogP contribution in [0.25, 0.3) is 6.08 Å². The molecule has 1 amide bonds. The topological polar surface area (TPSA) is 105 Å². The van der Waals surface area contributed by atoms with Gasteiger partial charge in [0, 0.05) is 17.8 Å². The van der Waals surface area contributed by atoms with E-state index in [9.17, 15) is 18.5 Å². The second-order valence-corrected chi connectivity index (χ2v) is 8.59. The Hall–Kier alpha value is -2.14. The summed E-state index contributed by atoms with van der Waals surface area (Å²) in [5, 5.41) is 16.5. The number of hydrogen-bond donors (Lipinski definition) is 1. The summed E-state index contributed by atoms with van der Waals surface area (Å²) in [5.74, 6) is -0.142. The Morgan fingerprint density at radius 2 is 2.20 bits per heavy atom. The molecule has 1 aliphatic heterocycles. The molecule has 0 radical (unpaired) electrons. The summed E-state index contributed by atoms with van der Waals surface area (Å²) in [4.78, 5) is 12.1. The van der Waals surface area contributed by atoms with Crippen LogP contribution in [0.2, 0.25) is 0 Å². The molecule has 7 nitrogen and oxygen atoms in total. The van der Waals surface area contributed by atoms with Crippen molar-refractivity contribution in [1.82, 2.24) is 15.1 Å². The number of aromatic nitrogens is 2. The van der Waals surface area contributed by atoms with Crippen molar-refractivity contribution < 1.29 is 13.2 Å². The number of amides is 1. The van der Waals surface area contributed by atoms with Crippen LogP contribution in [-0.4, -0.2) is 42.2 Å². The third-order valence-corrected chi connectivity index (χ3v) is 6.16. The number of sulfone groups is 1. The maximum Gasteiger partial charge on any atom is 0.261 e. The summed E-state index contributed by atoms with van der Waals surface area (Å²) in [6, 6.07) is 1.75. The van der Waals surface area contributed by atoms with Crippen LogP contribution in [0.15, 0.2) is 5.57 Å². The van der Waals surface area contributed by atoms with Gasteiger partial charge in [-0.05, 0) is 32.8 Å². The van der Waals surface area contributed by atoms with Crippen LogP contribution in [0, 0.1) is 25.2 Å². The first-order valence-corrected chi connectivity index (χ1v) is 10.3. The number of unbranched alkanes of at least 4 members (excludes halogenated alkanes) is 1. The third-order valence-electron chi connectivity index (χ3n) is 4.40. The second kappa shape index (κ2) is 7.83. The number of nitrogens with zero attached hydrogens (tertiary/aromatic N) is 3. The summed E-state index contributed by atoms with van der Waals surface area (Å²) in [7, 11) is -3.01. The minimum atomic E-state index is -3.01. The largest absolute Gasteiger partial charge is 0.351 e. The van der Waals surface area contributed by atoms with Crippen LogP contribution in [0.4, 0.5) is 0 Å². The quantitative estimate of drug-likeness (QED) is 0.470. The van der Waals surface area contributed by atoms with Crippen molar-refractivity contribution in [2.75, 3.05) is 18.1 Å². The van der Waals surface area contributed by atoms with Gasteiger partial charge in [-0.15, -0.1) is 0 Å². The molecule has 1 aromatic rings. The van der Waals surface area contributed by atoms with Gasteiger partial charge >= 0.3 is 0 Å². The lowest BCUT2D eigenvalue weighted by atomic mass is 10.1.